The average molecular weight is 280 g/mol. The van der Waals surface area contributed by atoms with Crippen LogP contribution < -0.4 is 10.1 Å². The highest BCUT2D eigenvalue weighted by atomic mass is 32.2. The molecule has 1 aromatic carbocycles. The number of benzene rings is 1. The van der Waals surface area contributed by atoms with Gasteiger partial charge in [-0.15, -0.1) is 0 Å². The van der Waals surface area contributed by atoms with Gasteiger partial charge in [0.15, 0.2) is 5.75 Å². The Morgan fingerprint density at radius 1 is 1.42 bits per heavy atom. The number of nitro benzene ring substituents is 1. The average Bonchev–Trinajstić information content (AvgIpc) is 2.67. The lowest BCUT2D eigenvalue weighted by Gasteiger charge is -2.02. The summed E-state index contributed by atoms with van der Waals surface area (Å²) in [5.41, 5.74) is 0.242. The van der Waals surface area contributed by atoms with Crippen molar-refractivity contribution in [2.24, 2.45) is 0 Å². The van der Waals surface area contributed by atoms with E-state index in [-0.39, 0.29) is 16.3 Å². The molecular weight excluding hydrogens is 272 g/mol. The van der Waals surface area contributed by atoms with E-state index in [9.17, 15) is 19.7 Å². The van der Waals surface area contributed by atoms with Crippen molar-refractivity contribution in [3.8, 4) is 5.75 Å². The summed E-state index contributed by atoms with van der Waals surface area (Å²) in [6.07, 6.45) is 1.41. The molecule has 1 N–H and O–H groups in total. The Kier molecular flexibility index (Phi) is 3.52. The van der Waals surface area contributed by atoms with Gasteiger partial charge in [-0.3, -0.25) is 25.0 Å². The molecule has 8 heteroatoms. The minimum absolute atomic E-state index is 0.131. The van der Waals surface area contributed by atoms with Gasteiger partial charge in [-0.05, 0) is 29.5 Å². The third-order valence-corrected chi connectivity index (χ3v) is 3.15. The number of ether oxygens (including phenoxy) is 1. The zero-order valence-corrected chi connectivity index (χ0v) is 10.5. The van der Waals surface area contributed by atoms with E-state index in [0.717, 1.165) is 11.8 Å². The second-order valence-electron chi connectivity index (χ2n) is 3.54. The molecule has 7 nitrogen and oxygen atoms in total. The van der Waals surface area contributed by atoms with E-state index < -0.39 is 16.1 Å². The first-order valence-corrected chi connectivity index (χ1v) is 5.90. The molecule has 0 radical (unpaired) electrons. The van der Waals surface area contributed by atoms with Gasteiger partial charge in [0.05, 0.1) is 16.9 Å². The standard InChI is InChI=1S/C11H8N2O5S/c1-18-8-3-2-6(4-7(8)13(16)17)5-9-10(14)12-11(15)19-9/h2-5H,1H3,(H,12,14,15)/b9-5+. The van der Waals surface area contributed by atoms with Crippen molar-refractivity contribution in [2.75, 3.05) is 7.11 Å². The van der Waals surface area contributed by atoms with Gasteiger partial charge in [0.1, 0.15) is 0 Å². The molecular formula is C11H8N2O5S. The van der Waals surface area contributed by atoms with Gasteiger partial charge in [0.2, 0.25) is 0 Å². The van der Waals surface area contributed by atoms with E-state index >= 15 is 0 Å². The Labute approximate surface area is 111 Å². The predicted octanol–water partition coefficient (Wildman–Crippen LogP) is 1.93. The number of imide groups is 1. The molecule has 1 saturated heterocycles. The molecule has 0 spiro atoms. The number of nitrogens with zero attached hydrogens (tertiary/aromatic N) is 1. The first-order valence-electron chi connectivity index (χ1n) is 5.08. The summed E-state index contributed by atoms with van der Waals surface area (Å²) in [4.78, 5) is 32.8. The van der Waals surface area contributed by atoms with E-state index in [1.165, 1.54) is 25.3 Å². The molecule has 98 valence electrons. The van der Waals surface area contributed by atoms with Crippen molar-refractivity contribution >= 4 is 34.7 Å². The van der Waals surface area contributed by atoms with E-state index in [1.54, 1.807) is 6.07 Å². The summed E-state index contributed by atoms with van der Waals surface area (Å²) in [5.74, 6) is -0.375. The summed E-state index contributed by atoms with van der Waals surface area (Å²) >= 11 is 0.753. The second kappa shape index (κ2) is 5.11. The summed E-state index contributed by atoms with van der Waals surface area (Å²) in [6, 6.07) is 4.28. The molecule has 0 bridgehead atoms. The number of hydrogen-bond acceptors (Lipinski definition) is 6. The summed E-state index contributed by atoms with van der Waals surface area (Å²) in [7, 11) is 1.33. The SMILES string of the molecule is COc1ccc(/C=C2/SC(=O)NC2=O)cc1[N+](=O)[O-]. The Balaban J connectivity index is 2.39. The van der Waals surface area contributed by atoms with Crippen LogP contribution in [-0.4, -0.2) is 23.2 Å². The quantitative estimate of drug-likeness (QED) is 0.516. The third kappa shape index (κ3) is 2.74. The number of hydrogen-bond donors (Lipinski definition) is 1. The molecule has 1 fully saturated rings. The normalized spacial score (nSPS) is 16.6. The molecule has 1 aromatic rings. The van der Waals surface area contributed by atoms with Crippen LogP contribution in [0.4, 0.5) is 10.5 Å². The van der Waals surface area contributed by atoms with Crippen molar-refractivity contribution in [1.29, 1.82) is 0 Å². The number of carbonyl (C=O) groups is 2. The van der Waals surface area contributed by atoms with Gasteiger partial charge in [-0.1, -0.05) is 6.07 Å². The van der Waals surface area contributed by atoms with E-state index in [2.05, 4.69) is 5.32 Å². The lowest BCUT2D eigenvalue weighted by Crippen LogP contribution is -2.17. The van der Waals surface area contributed by atoms with Crippen molar-refractivity contribution in [3.05, 3.63) is 38.8 Å². The highest BCUT2D eigenvalue weighted by Crippen LogP contribution is 2.30. The largest absolute Gasteiger partial charge is 0.490 e. The number of carbonyl (C=O) groups excluding carboxylic acids is 2. The smallest absolute Gasteiger partial charge is 0.311 e. The maximum Gasteiger partial charge on any atom is 0.311 e. The van der Waals surface area contributed by atoms with Crippen LogP contribution in [0.15, 0.2) is 23.1 Å². The van der Waals surface area contributed by atoms with Crippen LogP contribution in [0.2, 0.25) is 0 Å². The van der Waals surface area contributed by atoms with Crippen LogP contribution in [0, 0.1) is 10.1 Å². The number of rotatable bonds is 3. The first kappa shape index (κ1) is 13.1. The molecule has 0 atom stereocenters. The van der Waals surface area contributed by atoms with Crippen molar-refractivity contribution in [3.63, 3.8) is 0 Å². The predicted molar refractivity (Wildman–Crippen MR) is 68.8 cm³/mol. The topological polar surface area (TPSA) is 98.5 Å². The summed E-state index contributed by atoms with van der Waals surface area (Å²) in [6.45, 7) is 0. The Morgan fingerprint density at radius 3 is 2.68 bits per heavy atom. The summed E-state index contributed by atoms with van der Waals surface area (Å²) in [5, 5.41) is 12.5. The molecule has 0 aliphatic carbocycles. The maximum absolute atomic E-state index is 11.4. The Morgan fingerprint density at radius 2 is 2.16 bits per heavy atom. The summed E-state index contributed by atoms with van der Waals surface area (Å²) < 4.78 is 4.87. The lowest BCUT2D eigenvalue weighted by molar-refractivity contribution is -0.385. The molecule has 2 amide bonds. The number of nitrogens with one attached hydrogen (secondary N) is 1. The molecule has 0 unspecified atom stereocenters. The molecule has 1 heterocycles. The van der Waals surface area contributed by atoms with Gasteiger partial charge < -0.3 is 4.74 Å². The van der Waals surface area contributed by atoms with Gasteiger partial charge >= 0.3 is 5.69 Å². The van der Waals surface area contributed by atoms with Gasteiger partial charge in [-0.2, -0.15) is 0 Å². The molecule has 19 heavy (non-hydrogen) atoms. The Hall–Kier alpha value is -2.35. The van der Waals surface area contributed by atoms with Gasteiger partial charge in [0, 0.05) is 6.07 Å². The zero-order valence-electron chi connectivity index (χ0n) is 9.71. The zero-order chi connectivity index (χ0) is 14.0. The Bertz CT molecular complexity index is 611. The first-order chi connectivity index (χ1) is 9.01. The van der Waals surface area contributed by atoms with Gasteiger partial charge in [0.25, 0.3) is 11.1 Å². The van der Waals surface area contributed by atoms with Gasteiger partial charge in [-0.25, -0.2) is 0 Å². The third-order valence-electron chi connectivity index (χ3n) is 2.34. The number of thioether (sulfide) groups is 1. The van der Waals surface area contributed by atoms with Crippen LogP contribution in [0.3, 0.4) is 0 Å². The van der Waals surface area contributed by atoms with Crippen LogP contribution in [0.25, 0.3) is 6.08 Å². The second-order valence-corrected chi connectivity index (χ2v) is 4.56. The van der Waals surface area contributed by atoms with Crippen molar-refractivity contribution < 1.29 is 19.2 Å². The van der Waals surface area contributed by atoms with Crippen molar-refractivity contribution in [2.45, 2.75) is 0 Å². The highest BCUT2D eigenvalue weighted by molar-refractivity contribution is 8.18. The lowest BCUT2D eigenvalue weighted by atomic mass is 10.1. The van der Waals surface area contributed by atoms with Crippen molar-refractivity contribution in [1.82, 2.24) is 5.32 Å². The minimum Gasteiger partial charge on any atom is -0.490 e. The number of amides is 2. The monoisotopic (exact) mass is 280 g/mol. The highest BCUT2D eigenvalue weighted by Gasteiger charge is 2.25. The molecule has 2 rings (SSSR count). The minimum atomic E-state index is -0.576. The maximum atomic E-state index is 11.4. The molecule has 0 aromatic heterocycles. The fourth-order valence-corrected chi connectivity index (χ4v) is 2.19. The van der Waals surface area contributed by atoms with Crippen LogP contribution in [0.1, 0.15) is 5.56 Å². The number of nitro groups is 1. The van der Waals surface area contributed by atoms with Crippen LogP contribution in [0.5, 0.6) is 5.75 Å². The van der Waals surface area contributed by atoms with Crippen LogP contribution >= 0.6 is 11.8 Å². The number of methoxy groups -OCH3 is 1. The fourth-order valence-electron chi connectivity index (χ4n) is 1.51. The fraction of sp³-hybridized carbons (Fsp3) is 0.0909. The molecule has 0 saturated carbocycles. The van der Waals surface area contributed by atoms with Crippen LogP contribution in [-0.2, 0) is 4.79 Å². The molecule has 1 aliphatic heterocycles. The van der Waals surface area contributed by atoms with E-state index in [4.69, 9.17) is 4.74 Å². The molecule has 1 aliphatic rings. The van der Waals surface area contributed by atoms with E-state index in [1.807, 2.05) is 0 Å². The van der Waals surface area contributed by atoms with E-state index in [0.29, 0.717) is 5.56 Å².